The number of esters is 1. The average Bonchev–Trinajstić information content (AvgIpc) is 2.97. The standard InChI is InChI=1S/C20H17N3O3/c1-14-19(12-21)20(23(22-14)16-6-4-3-5-7-16)13-25-17-8-10-18(11-9-17)26-15(2)24/h3-11H,13H2,1-2H3. The van der Waals surface area contributed by atoms with Crippen LogP contribution in [0.2, 0.25) is 0 Å². The van der Waals surface area contributed by atoms with Crippen molar-refractivity contribution in [3.05, 3.63) is 71.5 Å². The van der Waals surface area contributed by atoms with Crippen molar-refractivity contribution in [1.82, 2.24) is 9.78 Å². The summed E-state index contributed by atoms with van der Waals surface area (Å²) in [6.07, 6.45) is 0. The molecule has 0 radical (unpaired) electrons. The molecule has 0 atom stereocenters. The highest BCUT2D eigenvalue weighted by atomic mass is 16.5. The summed E-state index contributed by atoms with van der Waals surface area (Å²) in [5.41, 5.74) is 2.70. The molecule has 0 saturated heterocycles. The minimum Gasteiger partial charge on any atom is -0.487 e. The third kappa shape index (κ3) is 3.73. The lowest BCUT2D eigenvalue weighted by molar-refractivity contribution is -0.131. The van der Waals surface area contributed by atoms with Crippen LogP contribution in [0.4, 0.5) is 0 Å². The Hall–Kier alpha value is -3.59. The molecule has 0 amide bonds. The summed E-state index contributed by atoms with van der Waals surface area (Å²) >= 11 is 0. The highest BCUT2D eigenvalue weighted by Crippen LogP contribution is 2.22. The second-order valence-corrected chi connectivity index (χ2v) is 5.62. The molecular weight excluding hydrogens is 330 g/mol. The van der Waals surface area contributed by atoms with Gasteiger partial charge in [-0.1, -0.05) is 18.2 Å². The molecule has 26 heavy (non-hydrogen) atoms. The zero-order chi connectivity index (χ0) is 18.5. The van der Waals surface area contributed by atoms with Gasteiger partial charge in [-0.15, -0.1) is 0 Å². The van der Waals surface area contributed by atoms with E-state index in [0.717, 1.165) is 5.69 Å². The summed E-state index contributed by atoms with van der Waals surface area (Å²) in [7, 11) is 0. The number of benzene rings is 2. The number of nitrogens with zero attached hydrogens (tertiary/aromatic N) is 3. The van der Waals surface area contributed by atoms with Gasteiger partial charge in [-0.05, 0) is 43.3 Å². The third-order valence-corrected chi connectivity index (χ3v) is 3.73. The highest BCUT2D eigenvalue weighted by molar-refractivity contribution is 5.69. The normalized spacial score (nSPS) is 10.2. The van der Waals surface area contributed by atoms with Crippen molar-refractivity contribution in [2.75, 3.05) is 0 Å². The molecule has 0 aliphatic rings. The SMILES string of the molecule is CC(=O)Oc1ccc(OCc2c(C#N)c(C)nn2-c2ccccc2)cc1. The fourth-order valence-electron chi connectivity index (χ4n) is 2.56. The molecule has 130 valence electrons. The number of carbonyl (C=O) groups is 1. The van der Waals surface area contributed by atoms with Gasteiger partial charge in [-0.3, -0.25) is 4.79 Å². The maximum Gasteiger partial charge on any atom is 0.308 e. The molecule has 3 rings (SSSR count). The number of nitriles is 1. The Balaban J connectivity index is 1.83. The Bertz CT molecular complexity index is 954. The van der Waals surface area contributed by atoms with Crippen molar-refractivity contribution in [1.29, 1.82) is 5.26 Å². The Morgan fingerprint density at radius 1 is 1.12 bits per heavy atom. The molecule has 2 aromatic carbocycles. The molecule has 1 aromatic heterocycles. The average molecular weight is 347 g/mol. The largest absolute Gasteiger partial charge is 0.487 e. The molecular formula is C20H17N3O3. The Kier molecular flexibility index (Phi) is 4.99. The fraction of sp³-hybridized carbons (Fsp3) is 0.150. The van der Waals surface area contributed by atoms with E-state index >= 15 is 0 Å². The van der Waals surface area contributed by atoms with Gasteiger partial charge in [0.05, 0.1) is 17.1 Å². The molecule has 6 heteroatoms. The van der Waals surface area contributed by atoms with E-state index in [1.807, 2.05) is 30.3 Å². The number of ether oxygens (including phenoxy) is 2. The van der Waals surface area contributed by atoms with Crippen LogP contribution in [0.3, 0.4) is 0 Å². The first kappa shape index (κ1) is 17.2. The molecule has 0 fully saturated rings. The van der Waals surface area contributed by atoms with Gasteiger partial charge in [0.2, 0.25) is 0 Å². The molecule has 6 nitrogen and oxygen atoms in total. The van der Waals surface area contributed by atoms with Crippen LogP contribution in [0, 0.1) is 18.3 Å². The van der Waals surface area contributed by atoms with Gasteiger partial charge in [-0.25, -0.2) is 4.68 Å². The molecule has 0 N–H and O–H groups in total. The van der Waals surface area contributed by atoms with Crippen molar-refractivity contribution in [3.63, 3.8) is 0 Å². The summed E-state index contributed by atoms with van der Waals surface area (Å²) in [6.45, 7) is 3.34. The summed E-state index contributed by atoms with van der Waals surface area (Å²) in [5, 5.41) is 13.9. The lowest BCUT2D eigenvalue weighted by Gasteiger charge is -2.10. The second kappa shape index (κ2) is 7.53. The van der Waals surface area contributed by atoms with E-state index in [1.165, 1.54) is 6.92 Å². The van der Waals surface area contributed by atoms with Gasteiger partial charge < -0.3 is 9.47 Å². The molecule has 0 aliphatic carbocycles. The van der Waals surface area contributed by atoms with Gasteiger partial charge in [-0.2, -0.15) is 10.4 Å². The molecule has 0 saturated carbocycles. The van der Waals surface area contributed by atoms with Crippen molar-refractivity contribution in [3.8, 4) is 23.3 Å². The van der Waals surface area contributed by atoms with Gasteiger partial charge in [0.1, 0.15) is 29.7 Å². The molecule has 0 unspecified atom stereocenters. The van der Waals surface area contributed by atoms with Crippen LogP contribution >= 0.6 is 0 Å². The van der Waals surface area contributed by atoms with Crippen LogP contribution in [0.5, 0.6) is 11.5 Å². The van der Waals surface area contributed by atoms with Crippen LogP contribution in [0.15, 0.2) is 54.6 Å². The molecule has 0 spiro atoms. The van der Waals surface area contributed by atoms with E-state index in [4.69, 9.17) is 9.47 Å². The van der Waals surface area contributed by atoms with Crippen LogP contribution < -0.4 is 9.47 Å². The van der Waals surface area contributed by atoms with Crippen LogP contribution in [0.25, 0.3) is 5.69 Å². The van der Waals surface area contributed by atoms with Gasteiger partial charge in [0.25, 0.3) is 0 Å². The van der Waals surface area contributed by atoms with Gasteiger partial charge in [0, 0.05) is 6.92 Å². The van der Waals surface area contributed by atoms with E-state index in [9.17, 15) is 10.1 Å². The maximum atomic E-state index is 11.0. The van der Waals surface area contributed by atoms with E-state index < -0.39 is 0 Å². The second-order valence-electron chi connectivity index (χ2n) is 5.62. The quantitative estimate of drug-likeness (QED) is 0.521. The van der Waals surface area contributed by atoms with Crippen molar-refractivity contribution in [2.24, 2.45) is 0 Å². The number of hydrogen-bond acceptors (Lipinski definition) is 5. The predicted molar refractivity (Wildman–Crippen MR) is 95.1 cm³/mol. The number of rotatable bonds is 5. The molecule has 3 aromatic rings. The van der Waals surface area contributed by atoms with Crippen molar-refractivity contribution in [2.45, 2.75) is 20.5 Å². The molecule has 0 aliphatic heterocycles. The summed E-state index contributed by atoms with van der Waals surface area (Å²) < 4.78 is 12.5. The summed E-state index contributed by atoms with van der Waals surface area (Å²) in [5.74, 6) is 0.676. The van der Waals surface area contributed by atoms with Crippen molar-refractivity contribution < 1.29 is 14.3 Å². The zero-order valence-electron chi connectivity index (χ0n) is 14.5. The van der Waals surface area contributed by atoms with Crippen molar-refractivity contribution >= 4 is 5.97 Å². The lowest BCUT2D eigenvalue weighted by Crippen LogP contribution is -2.07. The van der Waals surface area contributed by atoms with Gasteiger partial charge >= 0.3 is 5.97 Å². The highest BCUT2D eigenvalue weighted by Gasteiger charge is 2.17. The minimum atomic E-state index is -0.375. The first-order valence-electron chi connectivity index (χ1n) is 8.04. The summed E-state index contributed by atoms with van der Waals surface area (Å²) in [4.78, 5) is 11.0. The predicted octanol–water partition coefficient (Wildman–Crippen LogP) is 3.56. The zero-order valence-corrected chi connectivity index (χ0v) is 14.5. The monoisotopic (exact) mass is 347 g/mol. The van der Waals surface area contributed by atoms with Crippen LogP contribution in [-0.2, 0) is 11.4 Å². The third-order valence-electron chi connectivity index (χ3n) is 3.73. The Morgan fingerprint density at radius 2 is 1.77 bits per heavy atom. The Labute approximate surface area is 151 Å². The minimum absolute atomic E-state index is 0.186. The van der Waals surface area contributed by atoms with Crippen LogP contribution in [0.1, 0.15) is 23.9 Å². The Morgan fingerprint density at radius 3 is 2.38 bits per heavy atom. The van der Waals surface area contributed by atoms with E-state index in [1.54, 1.807) is 35.9 Å². The number of para-hydroxylation sites is 1. The lowest BCUT2D eigenvalue weighted by atomic mass is 10.2. The van der Waals surface area contributed by atoms with E-state index in [2.05, 4.69) is 11.2 Å². The number of aryl methyl sites for hydroxylation is 1. The number of carbonyl (C=O) groups excluding carboxylic acids is 1. The van der Waals surface area contributed by atoms with E-state index in [-0.39, 0.29) is 12.6 Å². The maximum absolute atomic E-state index is 11.0. The van der Waals surface area contributed by atoms with Gasteiger partial charge in [0.15, 0.2) is 0 Å². The first-order valence-corrected chi connectivity index (χ1v) is 8.04. The topological polar surface area (TPSA) is 77.1 Å². The molecule has 1 heterocycles. The molecule has 0 bridgehead atoms. The van der Waals surface area contributed by atoms with E-state index in [0.29, 0.717) is 28.5 Å². The number of hydrogen-bond donors (Lipinski definition) is 0. The summed E-state index contributed by atoms with van der Waals surface area (Å²) in [6, 6.07) is 18.5. The van der Waals surface area contributed by atoms with Crippen LogP contribution in [-0.4, -0.2) is 15.7 Å². The smallest absolute Gasteiger partial charge is 0.308 e. The fourth-order valence-corrected chi connectivity index (χ4v) is 2.56. The first-order chi connectivity index (χ1) is 12.6. The number of aromatic nitrogens is 2.